The third kappa shape index (κ3) is 3.85. The maximum Gasteiger partial charge on any atom is 0.256 e. The lowest BCUT2D eigenvalue weighted by Crippen LogP contribution is -2.32. The summed E-state index contributed by atoms with van der Waals surface area (Å²) in [4.78, 5) is 13.3. The highest BCUT2D eigenvalue weighted by Gasteiger charge is 2.17. The third-order valence-corrected chi connectivity index (χ3v) is 2.27. The first-order valence-electron chi connectivity index (χ1n) is 5.46. The van der Waals surface area contributed by atoms with Gasteiger partial charge in [0.25, 0.3) is 5.91 Å². The smallest absolute Gasteiger partial charge is 0.256 e. The van der Waals surface area contributed by atoms with Crippen molar-refractivity contribution in [3.8, 4) is 24.0 Å². The van der Waals surface area contributed by atoms with E-state index in [9.17, 15) is 4.79 Å². The molecule has 0 radical (unpaired) electrons. The van der Waals surface area contributed by atoms with Crippen molar-refractivity contribution in [2.45, 2.75) is 0 Å². The van der Waals surface area contributed by atoms with Crippen LogP contribution >= 0.6 is 0 Å². The zero-order valence-electron chi connectivity index (χ0n) is 10.1. The molecule has 0 heterocycles. The van der Waals surface area contributed by atoms with E-state index in [1.807, 2.05) is 12.1 Å². The predicted molar refractivity (Wildman–Crippen MR) is 67.5 cm³/mol. The molecule has 94 valence electrons. The number of nitrogens with zero attached hydrogens (tertiary/aromatic N) is 3. The molecule has 0 aliphatic carbocycles. The fraction of sp³-hybridized carbons (Fsp3) is 0.214. The number of aliphatic hydroxyl groups excluding tert-OH is 1. The maximum absolute atomic E-state index is 12.2. The second-order valence-electron chi connectivity index (χ2n) is 3.48. The van der Waals surface area contributed by atoms with Crippen molar-refractivity contribution in [3.05, 3.63) is 35.4 Å². The number of amides is 1. The molecule has 0 bridgehead atoms. The largest absolute Gasteiger partial charge is 0.384 e. The molecule has 0 aliphatic heterocycles. The van der Waals surface area contributed by atoms with E-state index in [0.717, 1.165) is 4.90 Å². The van der Waals surface area contributed by atoms with Crippen molar-refractivity contribution in [3.63, 3.8) is 0 Å². The number of benzene rings is 1. The molecule has 1 N–H and O–H groups in total. The molecule has 0 unspecified atom stereocenters. The van der Waals surface area contributed by atoms with E-state index in [4.69, 9.17) is 15.6 Å². The first-order chi connectivity index (χ1) is 9.24. The fourth-order valence-corrected chi connectivity index (χ4v) is 1.45. The Labute approximate surface area is 111 Å². The lowest BCUT2D eigenvalue weighted by molar-refractivity contribution is 0.0794. The Hall–Kier alpha value is -2.81. The summed E-state index contributed by atoms with van der Waals surface area (Å²) in [6.07, 6.45) is 0. The van der Waals surface area contributed by atoms with Crippen LogP contribution in [0.2, 0.25) is 0 Å². The van der Waals surface area contributed by atoms with E-state index in [1.54, 1.807) is 24.3 Å². The highest BCUT2D eigenvalue weighted by atomic mass is 16.2. The summed E-state index contributed by atoms with van der Waals surface area (Å²) in [5, 5.41) is 26.0. The number of carbonyl (C=O) groups excluding carboxylic acids is 1. The van der Waals surface area contributed by atoms with Crippen LogP contribution in [0.5, 0.6) is 0 Å². The van der Waals surface area contributed by atoms with E-state index < -0.39 is 5.91 Å². The summed E-state index contributed by atoms with van der Waals surface area (Å²) in [6, 6.07) is 10.3. The Bertz CT molecular complexity index is 584. The number of aliphatic hydroxyl groups is 1. The number of hydrogen-bond donors (Lipinski definition) is 1. The Morgan fingerprint density at radius 2 is 1.84 bits per heavy atom. The first-order valence-corrected chi connectivity index (χ1v) is 5.46. The molecule has 0 saturated carbocycles. The molecule has 1 aromatic rings. The van der Waals surface area contributed by atoms with Crippen LogP contribution in [0, 0.1) is 34.5 Å². The average molecular weight is 253 g/mol. The molecule has 1 aromatic carbocycles. The molecular weight excluding hydrogens is 242 g/mol. The van der Waals surface area contributed by atoms with Crippen molar-refractivity contribution in [2.75, 3.05) is 19.7 Å². The van der Waals surface area contributed by atoms with Gasteiger partial charge in [0.2, 0.25) is 0 Å². The van der Waals surface area contributed by atoms with E-state index in [0.29, 0.717) is 11.1 Å². The van der Waals surface area contributed by atoms with E-state index in [2.05, 4.69) is 11.8 Å². The van der Waals surface area contributed by atoms with Gasteiger partial charge in [-0.3, -0.25) is 4.79 Å². The van der Waals surface area contributed by atoms with Crippen LogP contribution in [-0.2, 0) is 0 Å². The zero-order chi connectivity index (χ0) is 14.1. The van der Waals surface area contributed by atoms with E-state index in [-0.39, 0.29) is 19.7 Å². The lowest BCUT2D eigenvalue weighted by Gasteiger charge is -2.16. The third-order valence-electron chi connectivity index (χ3n) is 2.27. The van der Waals surface area contributed by atoms with Gasteiger partial charge in [-0.05, 0) is 12.1 Å². The van der Waals surface area contributed by atoms with Gasteiger partial charge in [-0.2, -0.15) is 10.5 Å². The SMILES string of the molecule is N#CCN(CC#N)C(=O)c1ccccc1C#CCO. The molecule has 0 spiro atoms. The topological polar surface area (TPSA) is 88.1 Å². The van der Waals surface area contributed by atoms with Crippen LogP contribution in [-0.4, -0.2) is 35.6 Å². The van der Waals surface area contributed by atoms with Gasteiger partial charge in [0.1, 0.15) is 19.7 Å². The van der Waals surface area contributed by atoms with Gasteiger partial charge in [0, 0.05) is 5.56 Å². The average Bonchev–Trinajstić information content (AvgIpc) is 2.44. The number of rotatable bonds is 3. The molecular formula is C14H11N3O2. The fourth-order valence-electron chi connectivity index (χ4n) is 1.45. The molecule has 1 rings (SSSR count). The molecule has 0 atom stereocenters. The Kier molecular flexibility index (Phi) is 5.63. The number of hydrogen-bond acceptors (Lipinski definition) is 4. The van der Waals surface area contributed by atoms with Gasteiger partial charge >= 0.3 is 0 Å². The van der Waals surface area contributed by atoms with Gasteiger partial charge in [0.05, 0.1) is 17.7 Å². The lowest BCUT2D eigenvalue weighted by atomic mass is 10.1. The van der Waals surface area contributed by atoms with Gasteiger partial charge in [-0.15, -0.1) is 0 Å². The second kappa shape index (κ2) is 7.50. The van der Waals surface area contributed by atoms with Crippen LogP contribution in [0.25, 0.3) is 0 Å². The Morgan fingerprint density at radius 3 is 2.42 bits per heavy atom. The molecule has 0 aromatic heterocycles. The van der Waals surface area contributed by atoms with Gasteiger partial charge in [-0.25, -0.2) is 0 Å². The summed E-state index contributed by atoms with van der Waals surface area (Å²) in [5.74, 6) is 4.71. The second-order valence-corrected chi connectivity index (χ2v) is 3.48. The van der Waals surface area contributed by atoms with Crippen LogP contribution in [0.4, 0.5) is 0 Å². The first kappa shape index (κ1) is 14.3. The van der Waals surface area contributed by atoms with Crippen LogP contribution in [0.1, 0.15) is 15.9 Å². The number of nitriles is 2. The minimum absolute atomic E-state index is 0.159. The van der Waals surface area contributed by atoms with Crippen molar-refractivity contribution < 1.29 is 9.90 Å². The molecule has 5 heteroatoms. The summed E-state index contributed by atoms with van der Waals surface area (Å²) in [6.45, 7) is -0.620. The van der Waals surface area contributed by atoms with Crippen molar-refractivity contribution in [2.24, 2.45) is 0 Å². The van der Waals surface area contributed by atoms with Crippen LogP contribution in [0.3, 0.4) is 0 Å². The van der Waals surface area contributed by atoms with Crippen LogP contribution in [0.15, 0.2) is 24.3 Å². The molecule has 5 nitrogen and oxygen atoms in total. The van der Waals surface area contributed by atoms with Crippen molar-refractivity contribution in [1.82, 2.24) is 4.90 Å². The minimum Gasteiger partial charge on any atom is -0.384 e. The quantitative estimate of drug-likeness (QED) is 0.628. The highest BCUT2D eigenvalue weighted by molar-refractivity contribution is 5.97. The Balaban J connectivity index is 3.11. The Morgan fingerprint density at radius 1 is 1.21 bits per heavy atom. The predicted octanol–water partition coefficient (Wildman–Crippen LogP) is 0.520. The summed E-state index contributed by atoms with van der Waals surface area (Å²) < 4.78 is 0. The summed E-state index contributed by atoms with van der Waals surface area (Å²) >= 11 is 0. The van der Waals surface area contributed by atoms with Gasteiger partial charge in [-0.1, -0.05) is 24.0 Å². The number of carbonyl (C=O) groups is 1. The molecule has 0 saturated heterocycles. The highest BCUT2D eigenvalue weighted by Crippen LogP contribution is 2.10. The molecule has 0 aliphatic rings. The normalized spacial score (nSPS) is 8.58. The van der Waals surface area contributed by atoms with Gasteiger partial charge in [0.15, 0.2) is 0 Å². The molecule has 1 amide bonds. The standard InChI is InChI=1S/C14H11N3O2/c15-7-9-17(10-8-16)14(19)13-6-2-1-4-12(13)5-3-11-18/h1-2,4,6,18H,9-11H2. The molecule has 0 fully saturated rings. The van der Waals surface area contributed by atoms with E-state index in [1.165, 1.54) is 0 Å². The van der Waals surface area contributed by atoms with E-state index >= 15 is 0 Å². The maximum atomic E-state index is 12.2. The van der Waals surface area contributed by atoms with Crippen LogP contribution < -0.4 is 0 Å². The summed E-state index contributed by atoms with van der Waals surface area (Å²) in [7, 11) is 0. The monoisotopic (exact) mass is 253 g/mol. The van der Waals surface area contributed by atoms with Crippen molar-refractivity contribution >= 4 is 5.91 Å². The summed E-state index contributed by atoms with van der Waals surface area (Å²) in [5.41, 5.74) is 0.774. The zero-order valence-corrected chi connectivity index (χ0v) is 10.1. The van der Waals surface area contributed by atoms with Gasteiger partial charge < -0.3 is 10.0 Å². The molecule has 19 heavy (non-hydrogen) atoms. The van der Waals surface area contributed by atoms with Crippen molar-refractivity contribution in [1.29, 1.82) is 10.5 Å². The minimum atomic E-state index is -0.425.